The summed E-state index contributed by atoms with van der Waals surface area (Å²) in [5.41, 5.74) is 12.1. The predicted octanol–water partition coefficient (Wildman–Crippen LogP) is 16.0. The van der Waals surface area contributed by atoms with E-state index >= 15 is 22.0 Å². The monoisotopic (exact) mass is 824 g/mol. The van der Waals surface area contributed by atoms with Crippen molar-refractivity contribution in [3.05, 3.63) is 190 Å². The largest absolute Gasteiger partial charge is 0.420 e. The Kier molecular flexibility index (Phi) is 9.04. The Morgan fingerprint density at radius 1 is 0.371 bits per heavy atom. The molecule has 0 aliphatic heterocycles. The molecule has 2 heterocycles. The number of fused-ring (bicyclic) bond motifs is 6. The number of hydrogen-bond acceptors (Lipinski definition) is 0. The van der Waals surface area contributed by atoms with Gasteiger partial charge in [-0.1, -0.05) is 83.9 Å². The van der Waals surface area contributed by atoms with Crippen LogP contribution >= 0.6 is 0 Å². The van der Waals surface area contributed by atoms with Gasteiger partial charge in [0.05, 0.1) is 33.4 Å². The van der Waals surface area contributed by atoms with Crippen molar-refractivity contribution >= 4 is 43.6 Å². The highest BCUT2D eigenvalue weighted by molar-refractivity contribution is 6.12. The molecule has 0 spiro atoms. The minimum Gasteiger partial charge on any atom is -0.309 e. The van der Waals surface area contributed by atoms with Crippen molar-refractivity contribution < 1.29 is 22.0 Å². The van der Waals surface area contributed by atoms with Gasteiger partial charge in [-0.25, -0.2) is 8.78 Å². The summed E-state index contributed by atoms with van der Waals surface area (Å²) in [7, 11) is 0. The summed E-state index contributed by atoms with van der Waals surface area (Å²) < 4.78 is 82.7. The Balaban J connectivity index is 1.33. The van der Waals surface area contributed by atoms with Crippen molar-refractivity contribution in [1.82, 2.24) is 9.13 Å². The molecule has 0 N–H and O–H groups in total. The number of para-hydroxylation sites is 2. The van der Waals surface area contributed by atoms with Crippen LogP contribution in [0.2, 0.25) is 0 Å². The maximum Gasteiger partial charge on any atom is 0.420 e. The number of alkyl halides is 3. The van der Waals surface area contributed by atoms with Crippen LogP contribution in [0.4, 0.5) is 22.0 Å². The predicted molar refractivity (Wildman–Crippen MR) is 245 cm³/mol. The highest BCUT2D eigenvalue weighted by atomic mass is 19.4. The summed E-state index contributed by atoms with van der Waals surface area (Å²) >= 11 is 0. The van der Waals surface area contributed by atoms with Gasteiger partial charge in [-0.2, -0.15) is 13.2 Å². The lowest BCUT2D eigenvalue weighted by atomic mass is 9.93. The van der Waals surface area contributed by atoms with E-state index in [2.05, 4.69) is 77.9 Å². The minimum absolute atomic E-state index is 0.112. The van der Waals surface area contributed by atoms with E-state index < -0.39 is 23.4 Å². The molecule has 0 aliphatic carbocycles. The summed E-state index contributed by atoms with van der Waals surface area (Å²) in [4.78, 5) is 0. The smallest absolute Gasteiger partial charge is 0.309 e. The quantitative estimate of drug-likeness (QED) is 0.153. The maximum atomic E-state index is 16.4. The van der Waals surface area contributed by atoms with E-state index in [0.29, 0.717) is 22.1 Å². The van der Waals surface area contributed by atoms with Crippen LogP contribution in [-0.2, 0) is 6.18 Å². The number of aromatic nitrogens is 2. The number of nitrogens with zero attached hydrogens (tertiary/aromatic N) is 2. The van der Waals surface area contributed by atoms with Gasteiger partial charge in [0.15, 0.2) is 0 Å². The van der Waals surface area contributed by atoms with Crippen LogP contribution in [0.25, 0.3) is 88.4 Å². The van der Waals surface area contributed by atoms with Crippen LogP contribution in [0, 0.1) is 53.2 Å². The van der Waals surface area contributed by atoms with Crippen molar-refractivity contribution in [2.45, 2.75) is 47.7 Å². The number of hydrogen-bond donors (Lipinski definition) is 0. The highest BCUT2D eigenvalue weighted by Crippen LogP contribution is 2.47. The molecule has 2 aromatic heterocycles. The number of halogens is 5. The summed E-state index contributed by atoms with van der Waals surface area (Å²) in [5.74, 6) is -1.67. The van der Waals surface area contributed by atoms with E-state index in [1.807, 2.05) is 72.8 Å². The molecule has 0 saturated carbocycles. The Hall–Kier alpha value is -6.99. The van der Waals surface area contributed by atoms with Crippen LogP contribution in [0.1, 0.15) is 38.9 Å². The molecule has 0 fully saturated rings. The van der Waals surface area contributed by atoms with Crippen LogP contribution in [0.5, 0.6) is 0 Å². The number of rotatable bonds is 5. The Morgan fingerprint density at radius 3 is 1.15 bits per heavy atom. The molecule has 0 bridgehead atoms. The third-order valence-electron chi connectivity index (χ3n) is 12.3. The van der Waals surface area contributed by atoms with Crippen molar-refractivity contribution in [1.29, 1.82) is 0 Å². The van der Waals surface area contributed by atoms with E-state index in [0.717, 1.165) is 95.4 Å². The fourth-order valence-electron chi connectivity index (χ4n) is 10.2. The highest BCUT2D eigenvalue weighted by Gasteiger charge is 2.39. The molecule has 0 unspecified atom stereocenters. The summed E-state index contributed by atoms with van der Waals surface area (Å²) in [6.07, 6.45) is -4.89. The summed E-state index contributed by atoms with van der Waals surface area (Å²) in [6.45, 7) is 12.4. The van der Waals surface area contributed by atoms with Gasteiger partial charge in [0.2, 0.25) is 0 Å². The normalized spacial score (nSPS) is 12.1. The molecule has 62 heavy (non-hydrogen) atoms. The molecule has 0 saturated heterocycles. The van der Waals surface area contributed by atoms with Gasteiger partial charge in [0.1, 0.15) is 17.2 Å². The first-order valence-corrected chi connectivity index (χ1v) is 20.6. The van der Waals surface area contributed by atoms with Gasteiger partial charge in [-0.15, -0.1) is 0 Å². The first-order chi connectivity index (χ1) is 29.7. The molecule has 0 radical (unpaired) electrons. The van der Waals surface area contributed by atoms with Crippen LogP contribution in [0.15, 0.2) is 140 Å². The van der Waals surface area contributed by atoms with E-state index in [1.165, 1.54) is 12.1 Å². The van der Waals surface area contributed by atoms with E-state index in [4.69, 9.17) is 0 Å². The first kappa shape index (κ1) is 39.2. The molecule has 2 nitrogen and oxygen atoms in total. The molecular formula is C55H41F5N2. The molecule has 0 atom stereocenters. The standard InChI is InChI=1S/C55H41F5N2/c1-30-19-32(3)52(33(4)20-30)36-15-17-48-44(25-36)42-11-7-9-13-46(42)61(48)50-27-39(38-23-40(56)29-41(57)24-38)28-51(54(50)55(58,59)60)62-47-14-10-8-12-43(47)45-26-37(16-18-49(45)62)53-34(5)21-31(2)22-35(53)6/h7-29H,1-6H3. The fraction of sp³-hybridized carbons (Fsp3) is 0.127. The van der Waals surface area contributed by atoms with E-state index in [1.54, 1.807) is 9.13 Å². The molecule has 0 aliphatic rings. The molecule has 0 amide bonds. The second-order valence-electron chi connectivity index (χ2n) is 16.8. The van der Waals surface area contributed by atoms with Crippen molar-refractivity contribution in [2.75, 3.05) is 0 Å². The molecule has 10 rings (SSSR count). The Bertz CT molecular complexity index is 3230. The molecule has 306 valence electrons. The summed E-state index contributed by atoms with van der Waals surface area (Å²) in [6, 6.07) is 41.2. The van der Waals surface area contributed by atoms with Crippen molar-refractivity contribution in [2.24, 2.45) is 0 Å². The topological polar surface area (TPSA) is 9.86 Å². The Labute approximate surface area is 356 Å². The number of aryl methyl sites for hydroxylation is 6. The van der Waals surface area contributed by atoms with Crippen LogP contribution in [-0.4, -0.2) is 9.13 Å². The van der Waals surface area contributed by atoms with Gasteiger partial charge in [-0.3, -0.25) is 0 Å². The van der Waals surface area contributed by atoms with E-state index in [-0.39, 0.29) is 22.5 Å². The zero-order chi connectivity index (χ0) is 43.4. The lowest BCUT2D eigenvalue weighted by Gasteiger charge is -2.23. The average Bonchev–Trinajstić information content (AvgIpc) is 3.71. The minimum atomic E-state index is -4.89. The molecule has 10 aromatic rings. The van der Waals surface area contributed by atoms with Gasteiger partial charge >= 0.3 is 6.18 Å². The van der Waals surface area contributed by atoms with Crippen LogP contribution < -0.4 is 0 Å². The average molecular weight is 825 g/mol. The zero-order valence-electron chi connectivity index (χ0n) is 35.1. The first-order valence-electron chi connectivity index (χ1n) is 20.6. The number of benzene rings is 8. The van der Waals surface area contributed by atoms with Gasteiger partial charge in [0.25, 0.3) is 0 Å². The Morgan fingerprint density at radius 2 is 0.742 bits per heavy atom. The van der Waals surface area contributed by atoms with Crippen LogP contribution in [0.3, 0.4) is 0 Å². The molecule has 8 aromatic carbocycles. The lowest BCUT2D eigenvalue weighted by molar-refractivity contribution is -0.137. The SMILES string of the molecule is Cc1cc(C)c(-c2ccc3c(c2)c2ccccc2n3-c2cc(-c3cc(F)cc(F)c3)cc(-n3c4ccccc4c4cc(-c5c(C)cc(C)cc5C)ccc43)c2C(F)(F)F)c(C)c1. The summed E-state index contributed by atoms with van der Waals surface area (Å²) in [5, 5.41) is 3.10. The van der Waals surface area contributed by atoms with Gasteiger partial charge in [0, 0.05) is 27.6 Å². The second-order valence-corrected chi connectivity index (χ2v) is 16.8. The van der Waals surface area contributed by atoms with Gasteiger partial charge < -0.3 is 9.13 Å². The zero-order valence-corrected chi connectivity index (χ0v) is 35.1. The van der Waals surface area contributed by atoms with E-state index in [9.17, 15) is 0 Å². The van der Waals surface area contributed by atoms with Crippen molar-refractivity contribution in [3.8, 4) is 44.8 Å². The fourth-order valence-corrected chi connectivity index (χ4v) is 10.2. The maximum absolute atomic E-state index is 16.4. The molecular weight excluding hydrogens is 784 g/mol. The third kappa shape index (κ3) is 6.29. The molecule has 7 heteroatoms. The lowest BCUT2D eigenvalue weighted by Crippen LogP contribution is -2.16. The third-order valence-corrected chi connectivity index (χ3v) is 12.3. The second kappa shape index (κ2) is 14.3. The van der Waals surface area contributed by atoms with Crippen molar-refractivity contribution in [3.63, 3.8) is 0 Å². The van der Waals surface area contributed by atoms with Gasteiger partial charge in [-0.05, 0) is 158 Å².